The molecular weight excluding hydrogens is 579 g/mol. The van der Waals surface area contributed by atoms with Gasteiger partial charge in [-0.15, -0.1) is 10.2 Å². The number of benzene rings is 3. The third-order valence-corrected chi connectivity index (χ3v) is 7.95. The highest BCUT2D eigenvalue weighted by atomic mass is 35.5. The molecule has 0 spiro atoms. The van der Waals surface area contributed by atoms with Crippen LogP contribution in [0.4, 0.5) is 22.9 Å². The number of aliphatic imine (C=N–C) groups is 1. The highest BCUT2D eigenvalue weighted by Crippen LogP contribution is 2.47. The first-order valence-corrected chi connectivity index (χ1v) is 13.6. The van der Waals surface area contributed by atoms with Crippen LogP contribution in [-0.4, -0.2) is 15.9 Å². The van der Waals surface area contributed by atoms with E-state index in [2.05, 4.69) is 10.1 Å². The summed E-state index contributed by atoms with van der Waals surface area (Å²) in [4.78, 5) is 14.3. The van der Waals surface area contributed by atoms with Gasteiger partial charge in [0.25, 0.3) is 0 Å². The molecule has 2 bridgehead atoms. The Morgan fingerprint density at radius 2 is 1.55 bits per heavy atom. The number of anilines is 2. The number of nitrogens with zero attached hydrogens (tertiary/aromatic N) is 6. The third-order valence-electron chi connectivity index (χ3n) is 5.64. The second kappa shape index (κ2) is 10.5. The van der Waals surface area contributed by atoms with Gasteiger partial charge < -0.3 is 0 Å². The fourth-order valence-electron chi connectivity index (χ4n) is 3.90. The second-order valence-corrected chi connectivity index (χ2v) is 10.7. The van der Waals surface area contributed by atoms with E-state index in [4.69, 9.17) is 57.1 Å². The summed E-state index contributed by atoms with van der Waals surface area (Å²) in [6.07, 6.45) is 1.71. The lowest BCUT2D eigenvalue weighted by Crippen LogP contribution is -2.51. The van der Waals surface area contributed by atoms with Gasteiger partial charge in [-0.1, -0.05) is 64.8 Å². The van der Waals surface area contributed by atoms with Crippen molar-refractivity contribution in [3.63, 3.8) is 0 Å². The summed E-state index contributed by atoms with van der Waals surface area (Å²) in [5.41, 5.74) is 2.51. The van der Waals surface area contributed by atoms with Crippen molar-refractivity contribution in [1.29, 1.82) is 0 Å². The average Bonchev–Trinajstić information content (AvgIpc) is 3.04. The Hall–Kier alpha value is -3.27. The molecule has 0 saturated heterocycles. The topological polar surface area (TPSA) is 56.5 Å². The number of aromatic nitrogens is 1. The van der Waals surface area contributed by atoms with Gasteiger partial charge in [0.1, 0.15) is 16.5 Å². The molecule has 0 aliphatic carbocycles. The Balaban J connectivity index is 1.63. The molecule has 0 atom stereocenters. The number of hydrogen-bond acceptors (Lipinski definition) is 6. The minimum absolute atomic E-state index is 0.423. The number of amidine groups is 1. The standard InChI is InChI=1S/C27H15Cl3N6S2/c28-16-8-11-18(12-9-16)35-26-24(34-33-21-15-17(29)10-13-19(21)30)25(32-20-5-1-2-6-22(20)38-26)36(27(35)37)23-7-3-4-14-31-23/h1-15H. The largest absolute Gasteiger partial charge is 0.278 e. The van der Waals surface area contributed by atoms with Gasteiger partial charge in [-0.25, -0.2) is 9.98 Å². The molecule has 6 rings (SSSR count). The molecule has 0 radical (unpaired) electrons. The van der Waals surface area contributed by atoms with E-state index < -0.39 is 0 Å². The van der Waals surface area contributed by atoms with Crippen LogP contribution in [0.15, 0.2) is 122 Å². The molecule has 186 valence electrons. The number of thiocarbonyl (C=S) groups is 1. The van der Waals surface area contributed by atoms with Gasteiger partial charge in [0.15, 0.2) is 16.6 Å². The molecule has 6 nitrogen and oxygen atoms in total. The first kappa shape index (κ1) is 25.0. The van der Waals surface area contributed by atoms with Gasteiger partial charge in [0.2, 0.25) is 0 Å². The van der Waals surface area contributed by atoms with Crippen molar-refractivity contribution in [2.24, 2.45) is 15.2 Å². The van der Waals surface area contributed by atoms with Crippen LogP contribution in [0, 0.1) is 0 Å². The van der Waals surface area contributed by atoms with Crippen molar-refractivity contribution in [3.05, 3.63) is 117 Å². The van der Waals surface area contributed by atoms with Gasteiger partial charge in [-0.05, 0) is 78.9 Å². The molecule has 0 N–H and O–H groups in total. The van der Waals surface area contributed by atoms with E-state index in [1.807, 2.05) is 71.6 Å². The highest BCUT2D eigenvalue weighted by molar-refractivity contribution is 8.03. The Bertz CT molecular complexity index is 1660. The summed E-state index contributed by atoms with van der Waals surface area (Å²) < 4.78 is 0. The molecule has 38 heavy (non-hydrogen) atoms. The van der Waals surface area contributed by atoms with E-state index >= 15 is 0 Å². The molecule has 1 aromatic heterocycles. The first-order chi connectivity index (χ1) is 18.5. The van der Waals surface area contributed by atoms with Crippen LogP contribution in [0.3, 0.4) is 0 Å². The monoisotopic (exact) mass is 592 g/mol. The molecular formula is C27H15Cl3N6S2. The van der Waals surface area contributed by atoms with Crippen LogP contribution in [0.5, 0.6) is 0 Å². The summed E-state index contributed by atoms with van der Waals surface area (Å²) in [6, 6.07) is 26.0. The number of rotatable bonds is 4. The van der Waals surface area contributed by atoms with Crippen molar-refractivity contribution in [2.75, 3.05) is 9.80 Å². The smallest absolute Gasteiger partial charge is 0.192 e. The Morgan fingerprint density at radius 1 is 0.789 bits per heavy atom. The van der Waals surface area contributed by atoms with Crippen molar-refractivity contribution in [1.82, 2.24) is 4.98 Å². The van der Waals surface area contributed by atoms with Crippen molar-refractivity contribution < 1.29 is 0 Å². The molecule has 2 aliphatic heterocycles. The summed E-state index contributed by atoms with van der Waals surface area (Å²) in [5.74, 6) is 1.08. The lowest BCUT2D eigenvalue weighted by Gasteiger charge is -2.38. The molecule has 2 aliphatic rings. The van der Waals surface area contributed by atoms with Crippen LogP contribution in [0.1, 0.15) is 0 Å². The first-order valence-electron chi connectivity index (χ1n) is 11.3. The zero-order chi connectivity index (χ0) is 26.2. The predicted molar refractivity (Wildman–Crippen MR) is 161 cm³/mol. The molecule has 0 fully saturated rings. The lowest BCUT2D eigenvalue weighted by atomic mass is 10.2. The summed E-state index contributed by atoms with van der Waals surface area (Å²) >= 11 is 26.4. The van der Waals surface area contributed by atoms with Crippen LogP contribution >= 0.6 is 58.8 Å². The normalized spacial score (nSPS) is 15.0. The Kier molecular flexibility index (Phi) is 6.90. The zero-order valence-corrected chi connectivity index (χ0v) is 23.2. The Morgan fingerprint density at radius 3 is 2.34 bits per heavy atom. The second-order valence-electron chi connectivity index (χ2n) is 8.07. The molecule has 3 aromatic carbocycles. The fraction of sp³-hybridized carbons (Fsp3) is 0. The zero-order valence-electron chi connectivity index (χ0n) is 19.3. The lowest BCUT2D eigenvalue weighted by molar-refractivity contribution is 1.10. The van der Waals surface area contributed by atoms with Crippen molar-refractivity contribution in [2.45, 2.75) is 4.90 Å². The number of hydrogen-bond donors (Lipinski definition) is 0. The maximum absolute atomic E-state index is 6.40. The van der Waals surface area contributed by atoms with Crippen LogP contribution in [-0.2, 0) is 0 Å². The minimum atomic E-state index is 0.423. The Labute approximate surface area is 243 Å². The summed E-state index contributed by atoms with van der Waals surface area (Å²) in [6.45, 7) is 0. The summed E-state index contributed by atoms with van der Waals surface area (Å²) in [5, 5.41) is 11.9. The summed E-state index contributed by atoms with van der Waals surface area (Å²) in [7, 11) is 0. The fourth-order valence-corrected chi connectivity index (χ4v) is 5.87. The molecule has 4 aromatic rings. The molecule has 0 amide bonds. The van der Waals surface area contributed by atoms with E-state index in [1.165, 1.54) is 11.8 Å². The van der Waals surface area contributed by atoms with Crippen molar-refractivity contribution >= 4 is 92.6 Å². The highest BCUT2D eigenvalue weighted by Gasteiger charge is 2.40. The maximum atomic E-state index is 6.40. The number of pyridine rings is 1. The number of thioether (sulfide) groups is 1. The molecule has 3 heterocycles. The number of para-hydroxylation sites is 1. The van der Waals surface area contributed by atoms with Gasteiger partial charge in [-0.2, -0.15) is 0 Å². The van der Waals surface area contributed by atoms with E-state index in [-0.39, 0.29) is 0 Å². The molecule has 0 saturated carbocycles. The number of halogens is 3. The SMILES string of the molecule is S=C1N(c2ccc(Cl)cc2)C2=C(N=Nc3cc(Cl)ccc3Cl)C(=Nc3ccccc3S2)N1c1ccccn1. The third kappa shape index (κ3) is 4.70. The van der Waals surface area contributed by atoms with Gasteiger partial charge >= 0.3 is 0 Å². The molecule has 11 heteroatoms. The number of azo groups is 1. The van der Waals surface area contributed by atoms with Gasteiger partial charge in [0, 0.05) is 26.8 Å². The van der Waals surface area contributed by atoms with Crippen LogP contribution in [0.25, 0.3) is 0 Å². The van der Waals surface area contributed by atoms with Crippen LogP contribution < -0.4 is 9.80 Å². The minimum Gasteiger partial charge on any atom is -0.278 e. The number of fused-ring (bicyclic) bond motifs is 2. The van der Waals surface area contributed by atoms with E-state index in [0.717, 1.165) is 21.3 Å². The van der Waals surface area contributed by atoms with Gasteiger partial charge in [-0.3, -0.25) is 9.80 Å². The van der Waals surface area contributed by atoms with Gasteiger partial charge in [0.05, 0.1) is 10.7 Å². The van der Waals surface area contributed by atoms with E-state index in [0.29, 0.717) is 43.2 Å². The van der Waals surface area contributed by atoms with Crippen molar-refractivity contribution in [3.8, 4) is 0 Å². The predicted octanol–water partition coefficient (Wildman–Crippen LogP) is 9.44. The molecule has 0 unspecified atom stereocenters. The maximum Gasteiger partial charge on any atom is 0.192 e. The quantitative estimate of drug-likeness (QED) is 0.174. The van der Waals surface area contributed by atoms with Crippen LogP contribution in [0.2, 0.25) is 15.1 Å². The average molecular weight is 594 g/mol. The van der Waals surface area contributed by atoms with E-state index in [1.54, 1.807) is 29.3 Å². The van der Waals surface area contributed by atoms with E-state index in [9.17, 15) is 0 Å².